The van der Waals surface area contributed by atoms with Gasteiger partial charge in [0.25, 0.3) is 0 Å². The number of carbonyl (C=O) groups excluding carboxylic acids is 1. The molecule has 1 aromatic heterocycles. The lowest BCUT2D eigenvalue weighted by molar-refractivity contribution is 0.0337. The number of sulfonamides is 1. The van der Waals surface area contributed by atoms with Crippen molar-refractivity contribution in [1.82, 2.24) is 9.29 Å². The monoisotopic (exact) mass is 418 g/mol. The quantitative estimate of drug-likeness (QED) is 0.584. The van der Waals surface area contributed by atoms with Crippen LogP contribution >= 0.6 is 11.6 Å². The third-order valence-electron chi connectivity index (χ3n) is 4.30. The van der Waals surface area contributed by atoms with Gasteiger partial charge in [0.1, 0.15) is 6.10 Å². The molecule has 146 valence electrons. The number of carbonyl (C=O) groups is 1. The van der Waals surface area contributed by atoms with Crippen molar-refractivity contribution in [1.29, 1.82) is 0 Å². The Morgan fingerprint density at radius 2 is 1.86 bits per heavy atom. The molecule has 1 atom stereocenters. The first-order valence-corrected chi connectivity index (χ1v) is 10.3. The third kappa shape index (κ3) is 4.01. The SMILES string of the molecule is CC(OC(=O)c1cc(S(=O)(=O)N(C)C)ccc1Cl)c1cnc2ccccc2c1. The maximum Gasteiger partial charge on any atom is 0.340 e. The highest BCUT2D eigenvalue weighted by Gasteiger charge is 2.23. The molecule has 1 heterocycles. The molecule has 0 spiro atoms. The molecule has 1 unspecified atom stereocenters. The summed E-state index contributed by atoms with van der Waals surface area (Å²) in [5, 5.41) is 1.05. The lowest BCUT2D eigenvalue weighted by Crippen LogP contribution is -2.22. The predicted molar refractivity (Wildman–Crippen MR) is 108 cm³/mol. The molecule has 0 fully saturated rings. The molecular weight excluding hydrogens is 400 g/mol. The number of benzene rings is 2. The fourth-order valence-corrected chi connectivity index (χ4v) is 3.76. The minimum atomic E-state index is -3.70. The van der Waals surface area contributed by atoms with Gasteiger partial charge in [-0.15, -0.1) is 0 Å². The number of ether oxygens (including phenoxy) is 1. The number of hydrogen-bond acceptors (Lipinski definition) is 5. The van der Waals surface area contributed by atoms with Crippen LogP contribution in [0.25, 0.3) is 10.9 Å². The zero-order valence-corrected chi connectivity index (χ0v) is 17.2. The van der Waals surface area contributed by atoms with E-state index in [9.17, 15) is 13.2 Å². The van der Waals surface area contributed by atoms with Crippen molar-refractivity contribution in [2.75, 3.05) is 14.1 Å². The van der Waals surface area contributed by atoms with Crippen molar-refractivity contribution in [3.05, 3.63) is 70.9 Å². The van der Waals surface area contributed by atoms with Gasteiger partial charge in [0.05, 0.1) is 21.0 Å². The summed E-state index contributed by atoms with van der Waals surface area (Å²) in [5.41, 5.74) is 1.56. The summed E-state index contributed by atoms with van der Waals surface area (Å²) < 4.78 is 31.2. The molecule has 0 N–H and O–H groups in total. The van der Waals surface area contributed by atoms with E-state index in [1.54, 1.807) is 13.1 Å². The van der Waals surface area contributed by atoms with Gasteiger partial charge in [-0.3, -0.25) is 4.98 Å². The van der Waals surface area contributed by atoms with Gasteiger partial charge >= 0.3 is 5.97 Å². The number of aromatic nitrogens is 1. The van der Waals surface area contributed by atoms with E-state index < -0.39 is 22.1 Å². The summed E-state index contributed by atoms with van der Waals surface area (Å²) in [5.74, 6) is -0.707. The molecule has 0 saturated heterocycles. The fourth-order valence-electron chi connectivity index (χ4n) is 2.63. The Labute approximate surface area is 168 Å². The van der Waals surface area contributed by atoms with Crippen LogP contribution in [-0.2, 0) is 14.8 Å². The van der Waals surface area contributed by atoms with E-state index in [-0.39, 0.29) is 15.5 Å². The number of esters is 1. The van der Waals surface area contributed by atoms with E-state index in [1.165, 1.54) is 32.3 Å². The molecular formula is C20H19ClN2O4S. The second kappa shape index (κ2) is 7.87. The first kappa shape index (κ1) is 20.3. The van der Waals surface area contributed by atoms with Crippen molar-refractivity contribution in [3.8, 4) is 0 Å². The average molecular weight is 419 g/mol. The van der Waals surface area contributed by atoms with E-state index >= 15 is 0 Å². The highest BCUT2D eigenvalue weighted by atomic mass is 35.5. The first-order chi connectivity index (χ1) is 13.2. The Morgan fingerprint density at radius 3 is 2.57 bits per heavy atom. The van der Waals surface area contributed by atoms with E-state index in [2.05, 4.69) is 4.98 Å². The van der Waals surface area contributed by atoms with Gasteiger partial charge < -0.3 is 4.74 Å². The second-order valence-electron chi connectivity index (χ2n) is 6.44. The normalized spacial score (nSPS) is 12.9. The van der Waals surface area contributed by atoms with Crippen molar-refractivity contribution in [2.24, 2.45) is 0 Å². The lowest BCUT2D eigenvalue weighted by Gasteiger charge is -2.16. The molecule has 2 aromatic carbocycles. The van der Waals surface area contributed by atoms with Gasteiger partial charge in [-0.1, -0.05) is 29.8 Å². The van der Waals surface area contributed by atoms with Crippen molar-refractivity contribution in [2.45, 2.75) is 17.9 Å². The number of hydrogen-bond donors (Lipinski definition) is 0. The number of rotatable bonds is 5. The molecule has 0 aliphatic heterocycles. The number of nitrogens with zero attached hydrogens (tertiary/aromatic N) is 2. The lowest BCUT2D eigenvalue weighted by atomic mass is 10.1. The summed E-state index contributed by atoms with van der Waals surface area (Å²) in [6.07, 6.45) is 1.06. The predicted octanol–water partition coefficient (Wildman–Crippen LogP) is 4.06. The minimum Gasteiger partial charge on any atom is -0.454 e. The van der Waals surface area contributed by atoms with E-state index in [4.69, 9.17) is 16.3 Å². The summed E-state index contributed by atoms with van der Waals surface area (Å²) in [6.45, 7) is 1.72. The van der Waals surface area contributed by atoms with Crippen LogP contribution in [0.2, 0.25) is 5.02 Å². The standard InChI is InChI=1S/C20H19ClN2O4S/c1-13(15-10-14-6-4-5-7-19(14)22-12-15)27-20(24)17-11-16(8-9-18(17)21)28(25,26)23(2)3/h4-13H,1-3H3. The number of fused-ring (bicyclic) bond motifs is 1. The van der Waals surface area contributed by atoms with Gasteiger partial charge in [0, 0.05) is 31.2 Å². The number of para-hydroxylation sites is 1. The molecule has 0 radical (unpaired) electrons. The van der Waals surface area contributed by atoms with Gasteiger partial charge in [-0.2, -0.15) is 0 Å². The van der Waals surface area contributed by atoms with Gasteiger partial charge in [0.2, 0.25) is 10.0 Å². The Kier molecular flexibility index (Phi) is 5.69. The molecule has 0 bridgehead atoms. The Hall–Kier alpha value is -2.48. The first-order valence-electron chi connectivity index (χ1n) is 8.48. The summed E-state index contributed by atoms with van der Waals surface area (Å²) in [7, 11) is -0.871. The molecule has 0 aliphatic carbocycles. The maximum absolute atomic E-state index is 12.6. The van der Waals surface area contributed by atoms with Crippen LogP contribution in [-0.4, -0.2) is 37.8 Å². The zero-order valence-electron chi connectivity index (χ0n) is 15.6. The van der Waals surface area contributed by atoms with E-state index in [0.717, 1.165) is 20.8 Å². The Bertz CT molecular complexity index is 1150. The van der Waals surface area contributed by atoms with Gasteiger partial charge in [-0.25, -0.2) is 17.5 Å². The summed E-state index contributed by atoms with van der Waals surface area (Å²) in [6, 6.07) is 13.5. The Morgan fingerprint density at radius 1 is 1.14 bits per heavy atom. The third-order valence-corrected chi connectivity index (χ3v) is 6.44. The molecule has 3 aromatic rings. The van der Waals surface area contributed by atoms with E-state index in [1.807, 2.05) is 30.3 Å². The largest absolute Gasteiger partial charge is 0.454 e. The highest BCUT2D eigenvalue weighted by Crippen LogP contribution is 2.26. The van der Waals surface area contributed by atoms with Crippen molar-refractivity contribution >= 4 is 38.5 Å². The molecule has 8 heteroatoms. The molecule has 0 aliphatic rings. The summed E-state index contributed by atoms with van der Waals surface area (Å²) >= 11 is 6.11. The van der Waals surface area contributed by atoms with Crippen LogP contribution in [0.4, 0.5) is 0 Å². The van der Waals surface area contributed by atoms with Crippen LogP contribution in [0.5, 0.6) is 0 Å². The Balaban J connectivity index is 1.87. The number of halogens is 1. The van der Waals surface area contributed by atoms with Crippen molar-refractivity contribution in [3.63, 3.8) is 0 Å². The molecule has 0 amide bonds. The molecule has 3 rings (SSSR count). The minimum absolute atomic E-state index is 0.00908. The zero-order chi connectivity index (χ0) is 20.5. The second-order valence-corrected chi connectivity index (χ2v) is 9.00. The van der Waals surface area contributed by atoms with Crippen LogP contribution in [0.3, 0.4) is 0 Å². The maximum atomic E-state index is 12.6. The topological polar surface area (TPSA) is 76.6 Å². The van der Waals surface area contributed by atoms with Crippen LogP contribution in [0.1, 0.15) is 28.9 Å². The van der Waals surface area contributed by atoms with E-state index in [0.29, 0.717) is 0 Å². The molecule has 6 nitrogen and oxygen atoms in total. The summed E-state index contributed by atoms with van der Waals surface area (Å²) in [4.78, 5) is 17.0. The van der Waals surface area contributed by atoms with Gasteiger partial charge in [-0.05, 0) is 37.3 Å². The smallest absolute Gasteiger partial charge is 0.340 e. The van der Waals surface area contributed by atoms with Crippen molar-refractivity contribution < 1.29 is 17.9 Å². The highest BCUT2D eigenvalue weighted by molar-refractivity contribution is 7.89. The van der Waals surface area contributed by atoms with Crippen LogP contribution in [0, 0.1) is 0 Å². The average Bonchev–Trinajstić information content (AvgIpc) is 2.67. The van der Waals surface area contributed by atoms with Crippen LogP contribution in [0.15, 0.2) is 59.6 Å². The molecule has 0 saturated carbocycles. The van der Waals surface area contributed by atoms with Crippen LogP contribution < -0.4 is 0 Å². The number of pyridine rings is 1. The van der Waals surface area contributed by atoms with Gasteiger partial charge in [0.15, 0.2) is 0 Å². The fraction of sp³-hybridized carbons (Fsp3) is 0.200. The molecule has 28 heavy (non-hydrogen) atoms.